The molecule has 0 atom stereocenters. The summed E-state index contributed by atoms with van der Waals surface area (Å²) in [6.07, 6.45) is 2.52. The summed E-state index contributed by atoms with van der Waals surface area (Å²) in [5.74, 6) is 0.648. The van der Waals surface area contributed by atoms with E-state index in [0.29, 0.717) is 31.1 Å². The van der Waals surface area contributed by atoms with Gasteiger partial charge in [-0.25, -0.2) is 0 Å². The summed E-state index contributed by atoms with van der Waals surface area (Å²) in [5.41, 5.74) is 0. The SMILES string of the molecule is CCOCCN(C)c1nnc(CNC2CC2)o1. The van der Waals surface area contributed by atoms with Crippen LogP contribution in [0.3, 0.4) is 0 Å². The van der Waals surface area contributed by atoms with Crippen molar-refractivity contribution in [2.45, 2.75) is 32.4 Å². The van der Waals surface area contributed by atoms with Crippen LogP contribution in [-0.2, 0) is 11.3 Å². The summed E-state index contributed by atoms with van der Waals surface area (Å²) in [5, 5.41) is 11.3. The van der Waals surface area contributed by atoms with Gasteiger partial charge in [-0.15, -0.1) is 5.10 Å². The highest BCUT2D eigenvalue weighted by Gasteiger charge is 2.21. The van der Waals surface area contributed by atoms with Gasteiger partial charge in [0.05, 0.1) is 13.2 Å². The van der Waals surface area contributed by atoms with Crippen molar-refractivity contribution in [1.29, 1.82) is 0 Å². The van der Waals surface area contributed by atoms with E-state index >= 15 is 0 Å². The Morgan fingerprint density at radius 2 is 2.29 bits per heavy atom. The van der Waals surface area contributed by atoms with Gasteiger partial charge in [0.25, 0.3) is 0 Å². The van der Waals surface area contributed by atoms with Crippen molar-refractivity contribution in [3.8, 4) is 0 Å². The Balaban J connectivity index is 1.75. The Hall–Kier alpha value is -1.14. The molecule has 1 aliphatic carbocycles. The minimum Gasteiger partial charge on any atom is -0.407 e. The van der Waals surface area contributed by atoms with Gasteiger partial charge in [-0.2, -0.15) is 0 Å². The molecule has 0 radical (unpaired) electrons. The van der Waals surface area contributed by atoms with Crippen LogP contribution in [0.15, 0.2) is 4.42 Å². The predicted octanol–water partition coefficient (Wildman–Crippen LogP) is 0.794. The van der Waals surface area contributed by atoms with Crippen LogP contribution in [-0.4, -0.2) is 43.0 Å². The van der Waals surface area contributed by atoms with Crippen molar-refractivity contribution in [2.75, 3.05) is 31.7 Å². The van der Waals surface area contributed by atoms with Crippen molar-refractivity contribution in [1.82, 2.24) is 15.5 Å². The van der Waals surface area contributed by atoms with Gasteiger partial charge < -0.3 is 19.4 Å². The molecule has 0 bridgehead atoms. The number of rotatable bonds is 8. The van der Waals surface area contributed by atoms with Crippen molar-refractivity contribution < 1.29 is 9.15 Å². The standard InChI is InChI=1S/C11H20N4O2/c1-3-16-7-6-15(2)11-14-13-10(17-11)8-12-9-4-5-9/h9,12H,3-8H2,1-2H3. The first-order valence-electron chi connectivity index (χ1n) is 6.14. The molecule has 1 heterocycles. The Bertz CT molecular complexity index is 338. The lowest BCUT2D eigenvalue weighted by Gasteiger charge is -2.12. The third-order valence-electron chi connectivity index (χ3n) is 2.68. The third kappa shape index (κ3) is 3.98. The number of ether oxygens (including phenoxy) is 1. The third-order valence-corrected chi connectivity index (χ3v) is 2.68. The Morgan fingerprint density at radius 3 is 3.00 bits per heavy atom. The largest absolute Gasteiger partial charge is 0.407 e. The van der Waals surface area contributed by atoms with E-state index in [1.807, 2.05) is 18.9 Å². The fraction of sp³-hybridized carbons (Fsp3) is 0.818. The maximum Gasteiger partial charge on any atom is 0.318 e. The maximum atomic E-state index is 5.54. The number of aromatic nitrogens is 2. The Morgan fingerprint density at radius 1 is 1.47 bits per heavy atom. The van der Waals surface area contributed by atoms with Crippen LogP contribution in [0.1, 0.15) is 25.7 Å². The molecule has 0 aromatic carbocycles. The second kappa shape index (κ2) is 5.97. The molecule has 1 N–H and O–H groups in total. The molecule has 1 aromatic rings. The molecule has 1 fully saturated rings. The van der Waals surface area contributed by atoms with E-state index in [9.17, 15) is 0 Å². The Kier molecular flexibility index (Phi) is 4.33. The number of nitrogens with one attached hydrogen (secondary N) is 1. The monoisotopic (exact) mass is 240 g/mol. The first kappa shape index (κ1) is 12.3. The molecule has 0 aliphatic heterocycles. The van der Waals surface area contributed by atoms with E-state index in [0.717, 1.165) is 13.2 Å². The fourth-order valence-electron chi connectivity index (χ4n) is 1.43. The number of hydrogen-bond acceptors (Lipinski definition) is 6. The van der Waals surface area contributed by atoms with Crippen LogP contribution < -0.4 is 10.2 Å². The highest BCUT2D eigenvalue weighted by atomic mass is 16.5. The van der Waals surface area contributed by atoms with E-state index in [4.69, 9.17) is 9.15 Å². The van der Waals surface area contributed by atoms with Crippen LogP contribution >= 0.6 is 0 Å². The van der Waals surface area contributed by atoms with Gasteiger partial charge >= 0.3 is 6.01 Å². The maximum absolute atomic E-state index is 5.54. The number of nitrogens with zero attached hydrogens (tertiary/aromatic N) is 3. The summed E-state index contributed by atoms with van der Waals surface area (Å²) in [4.78, 5) is 1.91. The molecule has 6 nitrogen and oxygen atoms in total. The second-order valence-corrected chi connectivity index (χ2v) is 4.25. The van der Waals surface area contributed by atoms with Gasteiger partial charge in [0.1, 0.15) is 0 Å². The van der Waals surface area contributed by atoms with Crippen LogP contribution in [0.2, 0.25) is 0 Å². The molecule has 1 aliphatic rings. The molecule has 1 saturated carbocycles. The smallest absolute Gasteiger partial charge is 0.318 e. The lowest BCUT2D eigenvalue weighted by atomic mass is 10.6. The van der Waals surface area contributed by atoms with E-state index in [-0.39, 0.29) is 0 Å². The van der Waals surface area contributed by atoms with Crippen LogP contribution in [0.4, 0.5) is 6.01 Å². The molecular weight excluding hydrogens is 220 g/mol. The van der Waals surface area contributed by atoms with Gasteiger partial charge in [-0.1, -0.05) is 5.10 Å². The summed E-state index contributed by atoms with van der Waals surface area (Å²) < 4.78 is 10.8. The zero-order valence-electron chi connectivity index (χ0n) is 10.5. The van der Waals surface area contributed by atoms with Gasteiger partial charge in [0, 0.05) is 26.2 Å². The van der Waals surface area contributed by atoms with Gasteiger partial charge in [0.2, 0.25) is 5.89 Å². The fourth-order valence-corrected chi connectivity index (χ4v) is 1.43. The molecule has 0 unspecified atom stereocenters. The minimum absolute atomic E-state index is 0.553. The molecule has 0 amide bonds. The highest BCUT2D eigenvalue weighted by Crippen LogP contribution is 2.19. The average Bonchev–Trinajstić information content (AvgIpc) is 3.04. The second-order valence-electron chi connectivity index (χ2n) is 4.25. The minimum atomic E-state index is 0.553. The normalized spacial score (nSPS) is 15.2. The number of anilines is 1. The average molecular weight is 240 g/mol. The van der Waals surface area contributed by atoms with E-state index in [1.54, 1.807) is 0 Å². The van der Waals surface area contributed by atoms with E-state index in [2.05, 4.69) is 15.5 Å². The van der Waals surface area contributed by atoms with Crippen LogP contribution in [0.25, 0.3) is 0 Å². The summed E-state index contributed by atoms with van der Waals surface area (Å²) in [6, 6.07) is 1.21. The molecule has 2 rings (SSSR count). The molecule has 0 saturated heterocycles. The van der Waals surface area contributed by atoms with Gasteiger partial charge in [-0.05, 0) is 19.8 Å². The zero-order chi connectivity index (χ0) is 12.1. The predicted molar refractivity (Wildman–Crippen MR) is 63.9 cm³/mol. The summed E-state index contributed by atoms with van der Waals surface area (Å²) in [7, 11) is 1.92. The number of hydrogen-bond donors (Lipinski definition) is 1. The topological polar surface area (TPSA) is 63.4 Å². The zero-order valence-corrected chi connectivity index (χ0v) is 10.5. The lowest BCUT2D eigenvalue weighted by Crippen LogP contribution is -2.22. The molecule has 17 heavy (non-hydrogen) atoms. The van der Waals surface area contributed by atoms with Crippen LogP contribution in [0, 0.1) is 0 Å². The highest BCUT2D eigenvalue weighted by molar-refractivity contribution is 5.21. The molecule has 6 heteroatoms. The first-order valence-corrected chi connectivity index (χ1v) is 6.14. The van der Waals surface area contributed by atoms with Gasteiger partial charge in [0.15, 0.2) is 0 Å². The quantitative estimate of drug-likeness (QED) is 0.678. The summed E-state index contributed by atoms with van der Waals surface area (Å²) in [6.45, 7) is 4.80. The molecule has 0 spiro atoms. The molecule has 96 valence electrons. The number of likely N-dealkylation sites (N-methyl/N-ethyl adjacent to an activating group) is 1. The van der Waals surface area contributed by atoms with Crippen LogP contribution in [0.5, 0.6) is 0 Å². The van der Waals surface area contributed by atoms with Crippen molar-refractivity contribution in [2.24, 2.45) is 0 Å². The van der Waals surface area contributed by atoms with Crippen molar-refractivity contribution >= 4 is 6.01 Å². The summed E-state index contributed by atoms with van der Waals surface area (Å²) >= 11 is 0. The van der Waals surface area contributed by atoms with Crippen molar-refractivity contribution in [3.63, 3.8) is 0 Å². The molecular formula is C11H20N4O2. The van der Waals surface area contributed by atoms with Gasteiger partial charge in [-0.3, -0.25) is 0 Å². The van der Waals surface area contributed by atoms with E-state index < -0.39 is 0 Å². The molecule has 1 aromatic heterocycles. The van der Waals surface area contributed by atoms with E-state index in [1.165, 1.54) is 12.8 Å². The first-order chi connectivity index (χ1) is 8.29. The van der Waals surface area contributed by atoms with Crippen molar-refractivity contribution in [3.05, 3.63) is 5.89 Å². The lowest BCUT2D eigenvalue weighted by molar-refractivity contribution is 0.154. The Labute approximate surface area is 101 Å².